The lowest BCUT2D eigenvalue weighted by Crippen LogP contribution is -2.06. The first-order valence-corrected chi connectivity index (χ1v) is 30.0. The van der Waals surface area contributed by atoms with Gasteiger partial charge in [-0.1, -0.05) is 212 Å². The minimum atomic E-state index is 0.474. The summed E-state index contributed by atoms with van der Waals surface area (Å²) in [5.74, 6) is 1.46. The molecule has 0 aliphatic heterocycles. The first kappa shape index (κ1) is 53.0. The fraction of sp³-hybridized carbons (Fsp3) is 0. The Bertz CT molecular complexity index is 5030. The van der Waals surface area contributed by atoms with Gasteiger partial charge in [0, 0.05) is 38.2 Å². The highest BCUT2D eigenvalue weighted by Gasteiger charge is 2.25. The minimum Gasteiger partial charge on any atom is -0.308 e. The van der Waals surface area contributed by atoms with Crippen molar-refractivity contribution in [2.75, 3.05) is 0 Å². The normalized spacial score (nSPS) is 11.3. The average molecular weight is 1150 g/mol. The lowest BCUT2D eigenvalue weighted by atomic mass is 9.99. The summed E-state index contributed by atoms with van der Waals surface area (Å²) >= 11 is 0. The average Bonchev–Trinajstić information content (AvgIpc) is 1.64. The van der Waals surface area contributed by atoms with E-state index >= 15 is 0 Å². The summed E-state index contributed by atoms with van der Waals surface area (Å²) in [6.07, 6.45) is 0. The van der Waals surface area contributed by atoms with Gasteiger partial charge in [0.15, 0.2) is 17.5 Å². The van der Waals surface area contributed by atoms with E-state index in [2.05, 4.69) is 264 Å². The SMILES string of the molecule is N#Cc1cccc(-c2ccc(-c3nc(-c4ccccc4)nc(-c4ccc(-c5cccc(C#N)c5)cc4-n4c5ccc(-c6ccccc6)cc5c5cc(-c6ccccc6)ccc54)n3)c(-n3c4ccc(-c5ccccc5)cc4c4cc(-c5ccccc5)ccc43)c2)c1. The molecule has 0 N–H and O–H groups in total. The molecular weight excluding hydrogens is 1090 g/mol. The Morgan fingerprint density at radius 1 is 0.222 bits per heavy atom. The molecule has 16 aromatic rings. The zero-order valence-electron chi connectivity index (χ0n) is 48.6. The second-order valence-corrected chi connectivity index (χ2v) is 22.6. The number of nitrogens with zero attached hydrogens (tertiary/aromatic N) is 7. The monoisotopic (exact) mass is 1150 g/mol. The van der Waals surface area contributed by atoms with E-state index in [1.807, 2.05) is 66.7 Å². The van der Waals surface area contributed by atoms with Gasteiger partial charge in [-0.2, -0.15) is 10.5 Å². The van der Waals surface area contributed by atoms with Crippen LogP contribution in [0.3, 0.4) is 0 Å². The fourth-order valence-electron chi connectivity index (χ4n) is 12.8. The molecule has 418 valence electrons. The summed E-state index contributed by atoms with van der Waals surface area (Å²) in [5.41, 5.74) is 21.9. The number of nitriles is 2. The molecule has 0 saturated carbocycles. The molecule has 3 heterocycles. The van der Waals surface area contributed by atoms with E-state index in [-0.39, 0.29) is 0 Å². The largest absolute Gasteiger partial charge is 0.308 e. The van der Waals surface area contributed by atoms with Gasteiger partial charge in [0.25, 0.3) is 0 Å². The van der Waals surface area contributed by atoms with Gasteiger partial charge in [-0.3, -0.25) is 0 Å². The van der Waals surface area contributed by atoms with Crippen LogP contribution in [0.4, 0.5) is 0 Å². The van der Waals surface area contributed by atoms with Crippen LogP contribution in [-0.2, 0) is 0 Å². The molecule has 0 spiro atoms. The maximum Gasteiger partial charge on any atom is 0.166 e. The van der Waals surface area contributed by atoms with Gasteiger partial charge in [0.2, 0.25) is 0 Å². The van der Waals surface area contributed by atoms with Gasteiger partial charge >= 0.3 is 0 Å². The van der Waals surface area contributed by atoms with Gasteiger partial charge in [0.1, 0.15) is 0 Å². The van der Waals surface area contributed by atoms with Gasteiger partial charge in [0.05, 0.1) is 56.7 Å². The number of hydrogen-bond donors (Lipinski definition) is 0. The van der Waals surface area contributed by atoms with Gasteiger partial charge in [-0.15, -0.1) is 0 Å². The molecular formula is C83H51N7. The van der Waals surface area contributed by atoms with Crippen molar-refractivity contribution < 1.29 is 0 Å². The lowest BCUT2D eigenvalue weighted by molar-refractivity contribution is 1.06. The van der Waals surface area contributed by atoms with Crippen LogP contribution in [0.5, 0.6) is 0 Å². The van der Waals surface area contributed by atoms with Crippen LogP contribution in [0, 0.1) is 22.7 Å². The summed E-state index contributed by atoms with van der Waals surface area (Å²) in [4.78, 5) is 16.7. The molecule has 7 nitrogen and oxygen atoms in total. The van der Waals surface area contributed by atoms with Crippen molar-refractivity contribution in [2.24, 2.45) is 0 Å². The van der Waals surface area contributed by atoms with E-state index in [1.165, 1.54) is 0 Å². The van der Waals surface area contributed by atoms with Crippen molar-refractivity contribution >= 4 is 43.6 Å². The molecule has 0 aliphatic carbocycles. The molecule has 0 amide bonds. The Morgan fingerprint density at radius 3 is 0.811 bits per heavy atom. The number of fused-ring (bicyclic) bond motifs is 6. The van der Waals surface area contributed by atoms with Crippen LogP contribution in [0.1, 0.15) is 11.1 Å². The maximum absolute atomic E-state index is 10.2. The second kappa shape index (κ2) is 22.4. The highest BCUT2D eigenvalue weighted by Crippen LogP contribution is 2.44. The Labute approximate surface area is 520 Å². The van der Waals surface area contributed by atoms with Crippen LogP contribution >= 0.6 is 0 Å². The van der Waals surface area contributed by atoms with Crippen molar-refractivity contribution in [1.82, 2.24) is 24.1 Å². The number of aromatic nitrogens is 5. The van der Waals surface area contributed by atoms with Crippen molar-refractivity contribution in [1.29, 1.82) is 10.5 Å². The predicted octanol–water partition coefficient (Wildman–Crippen LogP) is 20.8. The molecule has 0 radical (unpaired) electrons. The van der Waals surface area contributed by atoms with E-state index < -0.39 is 0 Å². The Hall–Kier alpha value is -12.6. The highest BCUT2D eigenvalue weighted by atomic mass is 15.1. The maximum atomic E-state index is 10.2. The Kier molecular flexibility index (Phi) is 13.2. The van der Waals surface area contributed by atoms with Crippen LogP contribution in [0.2, 0.25) is 0 Å². The number of rotatable bonds is 11. The summed E-state index contributed by atoms with van der Waals surface area (Å²) in [5, 5.41) is 24.8. The first-order chi connectivity index (χ1) is 44.5. The van der Waals surface area contributed by atoms with E-state index in [0.717, 1.165) is 138 Å². The van der Waals surface area contributed by atoms with Crippen LogP contribution in [-0.4, -0.2) is 24.1 Å². The van der Waals surface area contributed by atoms with E-state index in [1.54, 1.807) is 0 Å². The van der Waals surface area contributed by atoms with Crippen LogP contribution in [0.15, 0.2) is 309 Å². The number of hydrogen-bond acceptors (Lipinski definition) is 5. The fourth-order valence-corrected chi connectivity index (χ4v) is 12.8. The van der Waals surface area contributed by atoms with E-state index in [0.29, 0.717) is 28.6 Å². The highest BCUT2D eigenvalue weighted by molar-refractivity contribution is 6.14. The molecule has 0 saturated heterocycles. The third-order valence-electron chi connectivity index (χ3n) is 17.2. The molecule has 0 fully saturated rings. The molecule has 3 aromatic heterocycles. The minimum absolute atomic E-state index is 0.474. The smallest absolute Gasteiger partial charge is 0.166 e. The zero-order chi connectivity index (χ0) is 60.1. The second-order valence-electron chi connectivity index (χ2n) is 22.6. The quantitative estimate of drug-likeness (QED) is 0.129. The standard InChI is InChI=1S/C83H51N7/c84-52-54-18-16-30-61(44-54)67-32-38-69(79(50-67)89-75-40-34-63(56-20-6-1-7-21-56)46-71(75)72-47-64(35-41-76(72)89)57-22-8-2-9-23-57)82-86-81(60-28-14-5-15-29-60)87-83(88-82)70-39-33-68(62-31-17-19-55(45-62)53-85)51-80(70)90-77-42-36-65(58-24-10-3-11-25-58)48-73(77)74-49-66(37-43-78(74)90)59-26-12-4-13-27-59/h1-51H. The van der Waals surface area contributed by atoms with Crippen LogP contribution < -0.4 is 0 Å². The first-order valence-electron chi connectivity index (χ1n) is 30.0. The Morgan fingerprint density at radius 2 is 0.489 bits per heavy atom. The lowest BCUT2D eigenvalue weighted by Gasteiger charge is -2.18. The predicted molar refractivity (Wildman–Crippen MR) is 367 cm³/mol. The summed E-state index contributed by atoms with van der Waals surface area (Å²) in [7, 11) is 0. The summed E-state index contributed by atoms with van der Waals surface area (Å²) in [6, 6.07) is 112. The van der Waals surface area contributed by atoms with Crippen LogP contribution in [0.25, 0.3) is 156 Å². The molecule has 13 aromatic carbocycles. The Balaban J connectivity index is 0.980. The molecule has 0 aliphatic rings. The zero-order valence-corrected chi connectivity index (χ0v) is 48.6. The summed E-state index contributed by atoms with van der Waals surface area (Å²) in [6.45, 7) is 0. The van der Waals surface area contributed by atoms with Crippen molar-refractivity contribution in [3.05, 3.63) is 321 Å². The van der Waals surface area contributed by atoms with E-state index in [4.69, 9.17) is 15.0 Å². The topological polar surface area (TPSA) is 96.1 Å². The molecule has 0 atom stereocenters. The summed E-state index contributed by atoms with van der Waals surface area (Å²) < 4.78 is 4.71. The van der Waals surface area contributed by atoms with Gasteiger partial charge in [-0.25, -0.2) is 15.0 Å². The van der Waals surface area contributed by atoms with Gasteiger partial charge in [-0.05, 0) is 164 Å². The van der Waals surface area contributed by atoms with Gasteiger partial charge < -0.3 is 9.13 Å². The van der Waals surface area contributed by atoms with Crippen molar-refractivity contribution in [3.63, 3.8) is 0 Å². The third-order valence-corrected chi connectivity index (χ3v) is 17.2. The molecule has 0 unspecified atom stereocenters. The molecule has 16 rings (SSSR count). The molecule has 90 heavy (non-hydrogen) atoms. The van der Waals surface area contributed by atoms with Crippen molar-refractivity contribution in [3.8, 4) is 124 Å². The van der Waals surface area contributed by atoms with Crippen molar-refractivity contribution in [2.45, 2.75) is 0 Å². The molecule has 0 bridgehead atoms. The van der Waals surface area contributed by atoms with E-state index in [9.17, 15) is 10.5 Å². The number of benzene rings is 13. The third kappa shape index (κ3) is 9.53. The molecule has 7 heteroatoms.